The summed E-state index contributed by atoms with van der Waals surface area (Å²) in [6.07, 6.45) is 1.98. The molecule has 5 unspecified atom stereocenters. The van der Waals surface area contributed by atoms with Crippen LogP contribution in [0.15, 0.2) is 18.2 Å². The van der Waals surface area contributed by atoms with Crippen LogP contribution in [-0.4, -0.2) is 46.5 Å². The second-order valence-corrected chi connectivity index (χ2v) is 10.9. The van der Waals surface area contributed by atoms with Gasteiger partial charge in [-0.3, -0.25) is 9.59 Å². The Morgan fingerprint density at radius 2 is 1.76 bits per heavy atom. The van der Waals surface area contributed by atoms with Gasteiger partial charge in [-0.15, -0.1) is 0 Å². The van der Waals surface area contributed by atoms with Crippen LogP contribution in [0.25, 0.3) is 0 Å². The lowest BCUT2D eigenvalue weighted by molar-refractivity contribution is -0.143. The summed E-state index contributed by atoms with van der Waals surface area (Å²) in [5.74, 6) is -0.194. The Morgan fingerprint density at radius 3 is 2.26 bits per heavy atom. The van der Waals surface area contributed by atoms with E-state index in [1.807, 2.05) is 39.0 Å². The molecule has 3 amide bonds. The maximum Gasteiger partial charge on any atom is 0.408 e. The molecule has 7 heteroatoms. The first-order valence-electron chi connectivity index (χ1n) is 12.4. The molecule has 34 heavy (non-hydrogen) atoms. The molecule has 2 rings (SSSR count). The second-order valence-electron chi connectivity index (χ2n) is 10.9. The minimum absolute atomic E-state index is 0.00311. The molecule has 1 aromatic rings. The molecule has 5 atom stereocenters. The van der Waals surface area contributed by atoms with Crippen LogP contribution in [0, 0.1) is 19.8 Å². The van der Waals surface area contributed by atoms with E-state index in [0.29, 0.717) is 0 Å². The molecule has 7 nitrogen and oxygen atoms in total. The fourth-order valence-corrected chi connectivity index (χ4v) is 4.32. The zero-order valence-corrected chi connectivity index (χ0v) is 22.3. The van der Waals surface area contributed by atoms with E-state index in [-0.39, 0.29) is 29.8 Å². The third-order valence-electron chi connectivity index (χ3n) is 6.14. The Bertz CT molecular complexity index is 892. The van der Waals surface area contributed by atoms with E-state index >= 15 is 0 Å². The number of amides is 3. The van der Waals surface area contributed by atoms with Gasteiger partial charge in [0, 0.05) is 12.1 Å². The molecule has 2 N–H and O–H groups in total. The van der Waals surface area contributed by atoms with Crippen LogP contribution in [0.3, 0.4) is 0 Å². The quantitative estimate of drug-likeness (QED) is 0.539. The summed E-state index contributed by atoms with van der Waals surface area (Å²) in [5, 5.41) is 5.78. The van der Waals surface area contributed by atoms with Gasteiger partial charge in [-0.1, -0.05) is 44.0 Å². The van der Waals surface area contributed by atoms with Gasteiger partial charge in [0.15, 0.2) is 0 Å². The van der Waals surface area contributed by atoms with Gasteiger partial charge < -0.3 is 20.3 Å². The van der Waals surface area contributed by atoms with Crippen LogP contribution in [0.1, 0.15) is 90.5 Å². The van der Waals surface area contributed by atoms with Gasteiger partial charge in [0.25, 0.3) is 0 Å². The predicted molar refractivity (Wildman–Crippen MR) is 134 cm³/mol. The van der Waals surface area contributed by atoms with Crippen molar-refractivity contribution in [1.82, 2.24) is 15.5 Å². The number of ether oxygens (including phenoxy) is 1. The number of nitrogens with one attached hydrogen (secondary N) is 2. The second kappa shape index (κ2) is 11.2. The van der Waals surface area contributed by atoms with Crippen molar-refractivity contribution < 1.29 is 19.1 Å². The molecule has 1 saturated carbocycles. The third kappa shape index (κ3) is 7.47. The average Bonchev–Trinajstić information content (AvgIpc) is 3.40. The highest BCUT2D eigenvalue weighted by Gasteiger charge is 2.48. The van der Waals surface area contributed by atoms with Crippen LogP contribution < -0.4 is 10.6 Å². The highest BCUT2D eigenvalue weighted by molar-refractivity contribution is 5.92. The van der Waals surface area contributed by atoms with E-state index in [1.165, 1.54) is 0 Å². The highest BCUT2D eigenvalue weighted by Crippen LogP contribution is 2.41. The first kappa shape index (κ1) is 27.7. The number of nitrogens with zero attached hydrogens (tertiary/aromatic N) is 1. The Kier molecular flexibility index (Phi) is 9.15. The fourth-order valence-electron chi connectivity index (χ4n) is 4.32. The number of benzene rings is 1. The fraction of sp³-hybridized carbons (Fsp3) is 0.667. The van der Waals surface area contributed by atoms with E-state index in [0.717, 1.165) is 36.0 Å². The highest BCUT2D eigenvalue weighted by atomic mass is 16.6. The van der Waals surface area contributed by atoms with E-state index in [1.54, 1.807) is 32.6 Å². The molecule has 0 saturated heterocycles. The number of carbonyl (C=O) groups is 3. The van der Waals surface area contributed by atoms with Crippen molar-refractivity contribution in [3.05, 3.63) is 34.9 Å². The van der Waals surface area contributed by atoms with E-state index in [4.69, 9.17) is 4.74 Å². The molecule has 0 bridgehead atoms. The number of rotatable bonds is 9. The van der Waals surface area contributed by atoms with Crippen molar-refractivity contribution in [2.45, 2.75) is 111 Å². The van der Waals surface area contributed by atoms with Gasteiger partial charge in [0.2, 0.25) is 11.8 Å². The summed E-state index contributed by atoms with van der Waals surface area (Å²) < 4.78 is 5.34. The van der Waals surface area contributed by atoms with Gasteiger partial charge in [-0.25, -0.2) is 4.79 Å². The molecule has 0 aromatic heterocycles. The van der Waals surface area contributed by atoms with Crippen molar-refractivity contribution in [1.29, 1.82) is 0 Å². The first-order valence-corrected chi connectivity index (χ1v) is 12.4. The Balaban J connectivity index is 2.42. The standard InChI is InChI=1S/C27H43N3O4/c1-10-11-19(5)28-24(31)23(21-13-12-16(2)14-17(21)3)30(22-15-18(22)4)25(32)20(6)29-26(33)34-27(7,8)9/h12-14,18-20,22-23H,10-11,15H2,1-9H3,(H,28,31)(H,29,33). The molecule has 1 aliphatic carbocycles. The molecule has 0 heterocycles. The summed E-state index contributed by atoms with van der Waals surface area (Å²) in [4.78, 5) is 41.5. The molecule has 0 aliphatic heterocycles. The number of hydrogen-bond acceptors (Lipinski definition) is 4. The number of aryl methyl sites for hydroxylation is 2. The number of carbonyl (C=O) groups excluding carboxylic acids is 3. The monoisotopic (exact) mass is 473 g/mol. The van der Waals surface area contributed by atoms with Crippen LogP contribution >= 0.6 is 0 Å². The molecular weight excluding hydrogens is 430 g/mol. The lowest BCUT2D eigenvalue weighted by atomic mass is 9.96. The predicted octanol–water partition coefficient (Wildman–Crippen LogP) is 4.80. The van der Waals surface area contributed by atoms with Gasteiger partial charge in [-0.05, 0) is 78.4 Å². The summed E-state index contributed by atoms with van der Waals surface area (Å²) in [7, 11) is 0. The molecular formula is C27H43N3O4. The van der Waals surface area contributed by atoms with E-state index in [9.17, 15) is 14.4 Å². The normalized spacial score (nSPS) is 20.0. The molecule has 0 radical (unpaired) electrons. The number of alkyl carbamates (subject to hydrolysis) is 1. The van der Waals surface area contributed by atoms with Crippen molar-refractivity contribution in [2.24, 2.45) is 5.92 Å². The third-order valence-corrected chi connectivity index (χ3v) is 6.14. The van der Waals surface area contributed by atoms with Gasteiger partial charge in [0.05, 0.1) is 0 Å². The lowest BCUT2D eigenvalue weighted by Crippen LogP contribution is -2.53. The Hall–Kier alpha value is -2.57. The Labute approximate surface area is 205 Å². The van der Waals surface area contributed by atoms with Crippen molar-refractivity contribution in [2.75, 3.05) is 0 Å². The van der Waals surface area contributed by atoms with Gasteiger partial charge >= 0.3 is 6.09 Å². The smallest absolute Gasteiger partial charge is 0.408 e. The first-order chi connectivity index (χ1) is 15.7. The summed E-state index contributed by atoms with van der Waals surface area (Å²) in [6.45, 7) is 17.1. The zero-order chi connectivity index (χ0) is 25.8. The van der Waals surface area contributed by atoms with Crippen LogP contribution in [0.5, 0.6) is 0 Å². The van der Waals surface area contributed by atoms with Crippen molar-refractivity contribution >= 4 is 17.9 Å². The summed E-state index contributed by atoms with van der Waals surface area (Å²) >= 11 is 0. The lowest BCUT2D eigenvalue weighted by Gasteiger charge is -2.35. The molecule has 1 aliphatic rings. The van der Waals surface area contributed by atoms with E-state index in [2.05, 4.69) is 24.5 Å². The number of hydrogen-bond donors (Lipinski definition) is 2. The maximum atomic E-state index is 13.8. The van der Waals surface area contributed by atoms with Crippen molar-refractivity contribution in [3.63, 3.8) is 0 Å². The van der Waals surface area contributed by atoms with Crippen molar-refractivity contribution in [3.8, 4) is 0 Å². The van der Waals surface area contributed by atoms with Gasteiger partial charge in [0.1, 0.15) is 17.7 Å². The van der Waals surface area contributed by atoms with Gasteiger partial charge in [-0.2, -0.15) is 0 Å². The molecule has 0 spiro atoms. The summed E-state index contributed by atoms with van der Waals surface area (Å²) in [6, 6.07) is 4.27. The minimum Gasteiger partial charge on any atom is -0.444 e. The topological polar surface area (TPSA) is 87.7 Å². The molecule has 190 valence electrons. The SMILES string of the molecule is CCCC(C)NC(=O)C(c1ccc(C)cc1C)N(C(=O)C(C)NC(=O)OC(C)(C)C)C1CC1C. The minimum atomic E-state index is -0.836. The van der Waals surface area contributed by atoms with Crippen LogP contribution in [-0.2, 0) is 14.3 Å². The molecule has 1 aromatic carbocycles. The van der Waals surface area contributed by atoms with Crippen LogP contribution in [0.4, 0.5) is 4.79 Å². The maximum absolute atomic E-state index is 13.8. The van der Waals surface area contributed by atoms with E-state index < -0.39 is 23.8 Å². The summed E-state index contributed by atoms with van der Waals surface area (Å²) in [5.41, 5.74) is 2.19. The zero-order valence-electron chi connectivity index (χ0n) is 22.3. The average molecular weight is 474 g/mol. The molecule has 1 fully saturated rings. The Morgan fingerprint density at radius 1 is 1.15 bits per heavy atom. The largest absolute Gasteiger partial charge is 0.444 e. The van der Waals surface area contributed by atoms with Crippen LogP contribution in [0.2, 0.25) is 0 Å².